The molecular weight excluding hydrogens is 398 g/mol. The van der Waals surface area contributed by atoms with Crippen molar-refractivity contribution in [2.75, 3.05) is 26.6 Å². The molecule has 152 valence electrons. The Morgan fingerprint density at radius 3 is 2.03 bits per heavy atom. The van der Waals surface area contributed by atoms with Gasteiger partial charge in [-0.3, -0.25) is 4.79 Å². The van der Waals surface area contributed by atoms with E-state index in [9.17, 15) is 18.5 Å². The molecule has 0 saturated heterocycles. The lowest BCUT2D eigenvalue weighted by Gasteiger charge is -2.13. The third-order valence-electron chi connectivity index (χ3n) is 3.85. The highest BCUT2D eigenvalue weighted by atomic mass is 32.2. The van der Waals surface area contributed by atoms with Crippen LogP contribution in [0.15, 0.2) is 46.9 Å². The number of nitrogens with one attached hydrogen (secondary N) is 1. The van der Waals surface area contributed by atoms with Crippen LogP contribution in [-0.4, -0.2) is 35.7 Å². The summed E-state index contributed by atoms with van der Waals surface area (Å²) < 4.78 is 38.4. The normalized spacial score (nSPS) is 11.3. The SMILES string of the molecule is COc1cc(OC)c(/C=C(\C#N)C(=O)Nc2ccc(S(N)(=O)=O)cc2)c(OC)c1. The van der Waals surface area contributed by atoms with Gasteiger partial charge in [0.25, 0.3) is 5.91 Å². The molecule has 0 fully saturated rings. The summed E-state index contributed by atoms with van der Waals surface area (Å²) >= 11 is 0. The third kappa shape index (κ3) is 5.25. The van der Waals surface area contributed by atoms with Gasteiger partial charge in [-0.2, -0.15) is 5.26 Å². The predicted octanol–water partition coefficient (Wildman–Crippen LogP) is 1.91. The van der Waals surface area contributed by atoms with Gasteiger partial charge in [0.2, 0.25) is 10.0 Å². The van der Waals surface area contributed by atoms with Crippen molar-refractivity contribution >= 4 is 27.7 Å². The molecule has 9 nitrogen and oxygen atoms in total. The van der Waals surface area contributed by atoms with Gasteiger partial charge in [-0.15, -0.1) is 0 Å². The van der Waals surface area contributed by atoms with E-state index in [4.69, 9.17) is 19.3 Å². The van der Waals surface area contributed by atoms with Crippen molar-refractivity contribution in [2.24, 2.45) is 5.14 Å². The number of nitriles is 1. The molecule has 10 heteroatoms. The second-order valence-electron chi connectivity index (χ2n) is 5.64. The van der Waals surface area contributed by atoms with Crippen LogP contribution in [0.4, 0.5) is 5.69 Å². The van der Waals surface area contributed by atoms with Crippen molar-refractivity contribution in [1.82, 2.24) is 0 Å². The van der Waals surface area contributed by atoms with E-state index in [0.29, 0.717) is 22.8 Å². The van der Waals surface area contributed by atoms with Crippen LogP contribution in [0.3, 0.4) is 0 Å². The van der Waals surface area contributed by atoms with Crippen molar-refractivity contribution < 1.29 is 27.4 Å². The number of ether oxygens (including phenoxy) is 3. The monoisotopic (exact) mass is 417 g/mol. The molecule has 29 heavy (non-hydrogen) atoms. The van der Waals surface area contributed by atoms with Crippen molar-refractivity contribution in [3.8, 4) is 23.3 Å². The zero-order chi connectivity index (χ0) is 21.6. The lowest BCUT2D eigenvalue weighted by atomic mass is 10.1. The standard InChI is InChI=1S/C19H19N3O6S/c1-26-14-9-17(27-2)16(18(10-14)28-3)8-12(11-20)19(23)22-13-4-6-15(7-5-13)29(21,24)25/h4-10H,1-3H3,(H,22,23)(H2,21,24,25)/b12-8+. The maximum atomic E-state index is 12.5. The van der Waals surface area contributed by atoms with Crippen LogP contribution in [0.1, 0.15) is 5.56 Å². The number of benzene rings is 2. The van der Waals surface area contributed by atoms with E-state index in [1.807, 2.05) is 6.07 Å². The van der Waals surface area contributed by atoms with E-state index in [1.165, 1.54) is 51.7 Å². The molecular formula is C19H19N3O6S. The van der Waals surface area contributed by atoms with E-state index in [0.717, 1.165) is 0 Å². The minimum Gasteiger partial charge on any atom is -0.496 e. The number of hydrogen-bond donors (Lipinski definition) is 2. The number of anilines is 1. The first-order chi connectivity index (χ1) is 13.7. The van der Waals surface area contributed by atoms with Crippen LogP contribution in [0.2, 0.25) is 0 Å². The summed E-state index contributed by atoms with van der Waals surface area (Å²) in [6.45, 7) is 0. The average Bonchev–Trinajstić information content (AvgIpc) is 2.71. The summed E-state index contributed by atoms with van der Waals surface area (Å²) in [5.74, 6) is 0.475. The summed E-state index contributed by atoms with van der Waals surface area (Å²) in [6.07, 6.45) is 1.32. The quantitative estimate of drug-likeness (QED) is 0.518. The van der Waals surface area contributed by atoms with Gasteiger partial charge in [-0.1, -0.05) is 0 Å². The van der Waals surface area contributed by atoms with Crippen LogP contribution in [0, 0.1) is 11.3 Å². The molecule has 0 saturated carbocycles. The third-order valence-corrected chi connectivity index (χ3v) is 4.78. The van der Waals surface area contributed by atoms with E-state index in [2.05, 4.69) is 5.32 Å². The van der Waals surface area contributed by atoms with Crippen molar-refractivity contribution in [1.29, 1.82) is 5.26 Å². The highest BCUT2D eigenvalue weighted by molar-refractivity contribution is 7.89. The number of sulfonamides is 1. The van der Waals surface area contributed by atoms with Gasteiger partial charge >= 0.3 is 0 Å². The van der Waals surface area contributed by atoms with E-state index >= 15 is 0 Å². The van der Waals surface area contributed by atoms with Gasteiger partial charge < -0.3 is 19.5 Å². The number of nitrogens with zero attached hydrogens (tertiary/aromatic N) is 1. The lowest BCUT2D eigenvalue weighted by molar-refractivity contribution is -0.112. The van der Waals surface area contributed by atoms with Crippen LogP contribution < -0.4 is 24.7 Å². The Kier molecular flexibility index (Phi) is 6.82. The molecule has 3 N–H and O–H groups in total. The Bertz CT molecular complexity index is 1060. The zero-order valence-electron chi connectivity index (χ0n) is 15.9. The van der Waals surface area contributed by atoms with Gasteiger partial charge in [0, 0.05) is 17.8 Å². The first-order valence-corrected chi connectivity index (χ1v) is 9.64. The minimum absolute atomic E-state index is 0.0979. The number of amides is 1. The van der Waals surface area contributed by atoms with E-state index in [1.54, 1.807) is 12.1 Å². The lowest BCUT2D eigenvalue weighted by Crippen LogP contribution is -2.15. The Labute approximate surface area is 168 Å². The van der Waals surface area contributed by atoms with Crippen LogP contribution >= 0.6 is 0 Å². The van der Waals surface area contributed by atoms with E-state index in [-0.39, 0.29) is 16.2 Å². The Balaban J connectivity index is 2.37. The molecule has 0 atom stereocenters. The molecule has 0 radical (unpaired) electrons. The summed E-state index contributed by atoms with van der Waals surface area (Å²) in [6, 6.07) is 10.2. The molecule has 0 bridgehead atoms. The minimum atomic E-state index is -3.85. The molecule has 0 unspecified atom stereocenters. The fraction of sp³-hybridized carbons (Fsp3) is 0.158. The van der Waals surface area contributed by atoms with E-state index < -0.39 is 15.9 Å². The molecule has 0 spiro atoms. The van der Waals surface area contributed by atoms with Gasteiger partial charge in [-0.25, -0.2) is 13.6 Å². The number of hydrogen-bond acceptors (Lipinski definition) is 7. The van der Waals surface area contributed by atoms with Gasteiger partial charge in [-0.05, 0) is 30.3 Å². The molecule has 0 heterocycles. The molecule has 2 aromatic rings. The highest BCUT2D eigenvalue weighted by Crippen LogP contribution is 2.35. The fourth-order valence-electron chi connectivity index (χ4n) is 2.39. The fourth-order valence-corrected chi connectivity index (χ4v) is 2.91. The zero-order valence-corrected chi connectivity index (χ0v) is 16.7. The number of methoxy groups -OCH3 is 3. The molecule has 0 aliphatic heterocycles. The summed E-state index contributed by atoms with van der Waals surface area (Å²) in [7, 11) is 0.510. The Morgan fingerprint density at radius 1 is 1.07 bits per heavy atom. The predicted molar refractivity (Wildman–Crippen MR) is 106 cm³/mol. The first-order valence-electron chi connectivity index (χ1n) is 8.09. The Morgan fingerprint density at radius 2 is 1.62 bits per heavy atom. The number of primary sulfonamides is 1. The van der Waals surface area contributed by atoms with Gasteiger partial charge in [0.05, 0.1) is 31.8 Å². The average molecular weight is 417 g/mol. The largest absolute Gasteiger partial charge is 0.496 e. The number of carbonyl (C=O) groups excluding carboxylic acids is 1. The molecule has 1 amide bonds. The number of rotatable bonds is 7. The summed E-state index contributed by atoms with van der Waals surface area (Å²) in [4.78, 5) is 12.4. The van der Waals surface area contributed by atoms with Crippen LogP contribution in [0.25, 0.3) is 6.08 Å². The second kappa shape index (κ2) is 9.09. The van der Waals surface area contributed by atoms with Crippen molar-refractivity contribution in [3.63, 3.8) is 0 Å². The molecule has 2 aromatic carbocycles. The molecule has 2 rings (SSSR count). The summed E-state index contributed by atoms with van der Waals surface area (Å²) in [5.41, 5.74) is 0.451. The second-order valence-corrected chi connectivity index (χ2v) is 7.20. The molecule has 0 aliphatic rings. The molecule has 0 aliphatic carbocycles. The van der Waals surface area contributed by atoms with Crippen molar-refractivity contribution in [3.05, 3.63) is 47.5 Å². The maximum Gasteiger partial charge on any atom is 0.266 e. The Hall–Kier alpha value is -3.55. The number of carbonyl (C=O) groups is 1. The molecule has 0 aromatic heterocycles. The van der Waals surface area contributed by atoms with Crippen LogP contribution in [-0.2, 0) is 14.8 Å². The van der Waals surface area contributed by atoms with Crippen LogP contribution in [0.5, 0.6) is 17.2 Å². The van der Waals surface area contributed by atoms with Gasteiger partial charge in [0.1, 0.15) is 28.9 Å². The maximum absolute atomic E-state index is 12.5. The topological polar surface area (TPSA) is 141 Å². The van der Waals surface area contributed by atoms with Crippen molar-refractivity contribution in [2.45, 2.75) is 4.90 Å². The van der Waals surface area contributed by atoms with Gasteiger partial charge in [0.15, 0.2) is 0 Å². The highest BCUT2D eigenvalue weighted by Gasteiger charge is 2.16. The smallest absolute Gasteiger partial charge is 0.266 e. The summed E-state index contributed by atoms with van der Waals surface area (Å²) in [5, 5.41) is 17.0. The first kappa shape index (κ1) is 21.7. The number of nitrogens with two attached hydrogens (primary N) is 1.